The highest BCUT2D eigenvalue weighted by molar-refractivity contribution is 7.80. The average Bonchev–Trinajstić information content (AvgIpc) is 2.79. The molecule has 3 N–H and O–H groups in total. The number of nitrogens with one attached hydrogen (secondary N) is 3. The van der Waals surface area contributed by atoms with Crippen LogP contribution in [0.15, 0.2) is 29.5 Å². The quantitative estimate of drug-likeness (QED) is 0.0986. The number of hydrogen-bond acceptors (Lipinski definition) is 5. The molecule has 1 aromatic heterocycles. The average molecular weight is 432 g/mol. The number of anilines is 1. The molecular formula is C21H33N7OS. The van der Waals surface area contributed by atoms with Gasteiger partial charge < -0.3 is 10.6 Å². The zero-order valence-electron chi connectivity index (χ0n) is 17.8. The van der Waals surface area contributed by atoms with Gasteiger partial charge in [-0.1, -0.05) is 19.3 Å². The first kappa shape index (κ1) is 23.8. The van der Waals surface area contributed by atoms with Gasteiger partial charge in [0.25, 0.3) is 0 Å². The number of aliphatic imine (C=N–C) groups is 1. The highest BCUT2D eigenvalue weighted by Gasteiger charge is 2.16. The molecule has 8 nitrogen and oxygen atoms in total. The summed E-state index contributed by atoms with van der Waals surface area (Å²) in [6.07, 6.45) is 14.6. The highest BCUT2D eigenvalue weighted by atomic mass is 32.1. The van der Waals surface area contributed by atoms with Gasteiger partial charge in [-0.05, 0) is 62.4 Å². The van der Waals surface area contributed by atoms with Crippen molar-refractivity contribution >= 4 is 29.0 Å². The fourth-order valence-electron chi connectivity index (χ4n) is 3.37. The van der Waals surface area contributed by atoms with Crippen LogP contribution in [0, 0.1) is 17.4 Å². The van der Waals surface area contributed by atoms with E-state index in [9.17, 15) is 0 Å². The third-order valence-electron chi connectivity index (χ3n) is 5.04. The van der Waals surface area contributed by atoms with Crippen molar-refractivity contribution in [1.82, 2.24) is 20.7 Å². The predicted octanol–water partition coefficient (Wildman–Crippen LogP) is 3.41. The summed E-state index contributed by atoms with van der Waals surface area (Å²) < 4.78 is 0. The second-order valence-corrected chi connectivity index (χ2v) is 7.73. The van der Waals surface area contributed by atoms with E-state index in [0.717, 1.165) is 38.1 Å². The van der Waals surface area contributed by atoms with E-state index in [1.807, 2.05) is 30.4 Å². The molecule has 0 radical (unpaired) electrons. The minimum Gasteiger partial charge on any atom is -0.364 e. The Kier molecular flexibility index (Phi) is 11.5. The Labute approximate surface area is 185 Å². The first-order valence-electron chi connectivity index (χ1n) is 10.7. The molecule has 0 spiro atoms. The second kappa shape index (κ2) is 14.5. The Morgan fingerprint density at radius 2 is 2.03 bits per heavy atom. The molecular weight excluding hydrogens is 398 g/mol. The van der Waals surface area contributed by atoms with Crippen LogP contribution >= 0.6 is 12.2 Å². The maximum absolute atomic E-state index is 8.90. The SMILES string of the molecule is CNC(=S)N(CCCCCN=C(NC#N)Nc1ccncc1)OCC1CCCCC1. The van der Waals surface area contributed by atoms with Gasteiger partial charge in [-0.3, -0.25) is 20.1 Å². The molecule has 0 saturated heterocycles. The van der Waals surface area contributed by atoms with Crippen molar-refractivity contribution in [3.8, 4) is 6.19 Å². The number of pyridine rings is 1. The number of hydroxylamine groups is 2. The van der Waals surface area contributed by atoms with Crippen LogP contribution in [-0.4, -0.2) is 47.9 Å². The Hall–Kier alpha value is -2.44. The minimum absolute atomic E-state index is 0.442. The fraction of sp³-hybridized carbons (Fsp3) is 0.619. The van der Waals surface area contributed by atoms with Crippen molar-refractivity contribution in [2.45, 2.75) is 51.4 Å². The van der Waals surface area contributed by atoms with E-state index in [4.69, 9.17) is 22.3 Å². The zero-order chi connectivity index (χ0) is 21.4. The topological polar surface area (TPSA) is 97.6 Å². The van der Waals surface area contributed by atoms with Crippen LogP contribution < -0.4 is 16.0 Å². The highest BCUT2D eigenvalue weighted by Crippen LogP contribution is 2.24. The number of unbranched alkanes of at least 4 members (excludes halogenated alkanes) is 2. The van der Waals surface area contributed by atoms with Gasteiger partial charge in [-0.25, -0.2) is 5.06 Å². The van der Waals surface area contributed by atoms with Crippen LogP contribution in [0.4, 0.5) is 5.69 Å². The van der Waals surface area contributed by atoms with E-state index >= 15 is 0 Å². The lowest BCUT2D eigenvalue weighted by Gasteiger charge is -2.28. The number of thiocarbonyl (C=S) groups is 1. The van der Waals surface area contributed by atoms with E-state index in [2.05, 4.69) is 25.9 Å². The predicted molar refractivity (Wildman–Crippen MR) is 124 cm³/mol. The normalized spacial score (nSPS) is 14.6. The standard InChI is InChI=1S/C21H33N7OS/c1-23-21(30)28(29-16-18-8-4-2-5-9-18)15-7-3-6-12-25-20(26-17-22)27-19-10-13-24-14-11-19/h10-11,13-14,18H,2-9,12,15-16H2,1H3,(H,23,30)(H2,24,25,26,27). The summed E-state index contributed by atoms with van der Waals surface area (Å²) in [4.78, 5) is 14.4. The first-order chi connectivity index (χ1) is 14.7. The van der Waals surface area contributed by atoms with Crippen LogP contribution in [0.2, 0.25) is 0 Å². The number of nitrogens with zero attached hydrogens (tertiary/aromatic N) is 4. The number of hydrogen-bond donors (Lipinski definition) is 3. The van der Waals surface area contributed by atoms with E-state index < -0.39 is 0 Å². The van der Waals surface area contributed by atoms with Crippen molar-refractivity contribution in [3.63, 3.8) is 0 Å². The molecule has 0 bridgehead atoms. The monoisotopic (exact) mass is 431 g/mol. The molecule has 1 saturated carbocycles. The number of aromatic nitrogens is 1. The summed E-state index contributed by atoms with van der Waals surface area (Å²) in [6, 6.07) is 3.64. The van der Waals surface area contributed by atoms with Gasteiger partial charge >= 0.3 is 0 Å². The maximum atomic E-state index is 8.90. The molecule has 1 aromatic rings. The Balaban J connectivity index is 1.69. The van der Waals surface area contributed by atoms with Crippen LogP contribution in [0.5, 0.6) is 0 Å². The molecule has 9 heteroatoms. The molecule has 30 heavy (non-hydrogen) atoms. The zero-order valence-corrected chi connectivity index (χ0v) is 18.6. The van der Waals surface area contributed by atoms with Crippen LogP contribution in [0.3, 0.4) is 0 Å². The van der Waals surface area contributed by atoms with Gasteiger partial charge in [0.05, 0.1) is 6.61 Å². The molecule has 0 aliphatic heterocycles. The van der Waals surface area contributed by atoms with Gasteiger partial charge in [0.2, 0.25) is 5.96 Å². The third-order valence-corrected chi connectivity index (χ3v) is 5.45. The lowest BCUT2D eigenvalue weighted by atomic mass is 9.90. The van der Waals surface area contributed by atoms with Crippen molar-refractivity contribution in [2.24, 2.45) is 10.9 Å². The molecule has 1 aliphatic carbocycles. The molecule has 0 unspecified atom stereocenters. The summed E-state index contributed by atoms with van der Waals surface area (Å²) >= 11 is 5.39. The van der Waals surface area contributed by atoms with E-state index in [0.29, 0.717) is 23.5 Å². The van der Waals surface area contributed by atoms with E-state index in [1.54, 1.807) is 12.4 Å². The van der Waals surface area contributed by atoms with Crippen molar-refractivity contribution < 1.29 is 4.84 Å². The summed E-state index contributed by atoms with van der Waals surface area (Å²) in [5, 5.41) is 20.0. The van der Waals surface area contributed by atoms with Gasteiger partial charge in [0.15, 0.2) is 11.3 Å². The number of nitriles is 1. The molecule has 2 rings (SSSR count). The summed E-state index contributed by atoms with van der Waals surface area (Å²) in [5.74, 6) is 1.09. The van der Waals surface area contributed by atoms with E-state index in [-0.39, 0.29) is 0 Å². The number of rotatable bonds is 10. The minimum atomic E-state index is 0.442. The van der Waals surface area contributed by atoms with Gasteiger partial charge in [0.1, 0.15) is 0 Å². The third kappa shape index (κ3) is 9.37. The summed E-state index contributed by atoms with van der Waals surface area (Å²) in [6.45, 7) is 2.13. The molecule has 164 valence electrons. The van der Waals surface area contributed by atoms with Crippen molar-refractivity contribution in [1.29, 1.82) is 5.26 Å². The van der Waals surface area contributed by atoms with Crippen molar-refractivity contribution in [3.05, 3.63) is 24.5 Å². The molecule has 1 aliphatic rings. The summed E-state index contributed by atoms with van der Waals surface area (Å²) in [5.41, 5.74) is 0.831. The second-order valence-electron chi connectivity index (χ2n) is 7.35. The van der Waals surface area contributed by atoms with Crippen LogP contribution in [0.1, 0.15) is 51.4 Å². The Morgan fingerprint density at radius 1 is 1.27 bits per heavy atom. The smallest absolute Gasteiger partial charge is 0.209 e. The Bertz CT molecular complexity index is 686. The van der Waals surface area contributed by atoms with Crippen LogP contribution in [0.25, 0.3) is 0 Å². The fourth-order valence-corrected chi connectivity index (χ4v) is 3.51. The molecule has 0 amide bonds. The van der Waals surface area contributed by atoms with Crippen molar-refractivity contribution in [2.75, 3.05) is 32.1 Å². The van der Waals surface area contributed by atoms with Gasteiger partial charge in [-0.2, -0.15) is 5.26 Å². The lowest BCUT2D eigenvalue weighted by Crippen LogP contribution is -2.39. The lowest BCUT2D eigenvalue weighted by molar-refractivity contribution is -0.117. The molecule has 1 fully saturated rings. The number of guanidine groups is 1. The van der Waals surface area contributed by atoms with Gasteiger partial charge in [0, 0.05) is 38.2 Å². The maximum Gasteiger partial charge on any atom is 0.209 e. The van der Waals surface area contributed by atoms with Crippen LogP contribution in [-0.2, 0) is 4.84 Å². The first-order valence-corrected chi connectivity index (χ1v) is 11.1. The molecule has 1 heterocycles. The molecule has 0 atom stereocenters. The van der Waals surface area contributed by atoms with E-state index in [1.165, 1.54) is 32.1 Å². The molecule has 0 aromatic carbocycles. The largest absolute Gasteiger partial charge is 0.364 e. The Morgan fingerprint density at radius 3 is 2.73 bits per heavy atom. The van der Waals surface area contributed by atoms with Gasteiger partial charge in [-0.15, -0.1) is 0 Å². The summed E-state index contributed by atoms with van der Waals surface area (Å²) in [7, 11) is 1.83.